The zero-order valence-electron chi connectivity index (χ0n) is 36.4. The third-order valence-electron chi connectivity index (χ3n) is 10.2. The Morgan fingerprint density at radius 3 is 1.47 bits per heavy atom. The van der Waals surface area contributed by atoms with Crippen LogP contribution < -0.4 is 10.2 Å². The van der Waals surface area contributed by atoms with E-state index < -0.39 is 0 Å². The molecule has 0 aliphatic carbocycles. The summed E-state index contributed by atoms with van der Waals surface area (Å²) in [5.74, 6) is -0.467. The van der Waals surface area contributed by atoms with Gasteiger partial charge in [0.25, 0.3) is 0 Å². The fourth-order valence-corrected chi connectivity index (χ4v) is 7.21. The summed E-state index contributed by atoms with van der Waals surface area (Å²) in [7, 11) is 0. The van der Waals surface area contributed by atoms with Crippen LogP contribution in [0.2, 0.25) is 0 Å². The molecule has 0 aliphatic rings. The molecule has 0 heterocycles. The van der Waals surface area contributed by atoms with Crippen LogP contribution in [-0.4, -0.2) is 11.4 Å². The summed E-state index contributed by atoms with van der Waals surface area (Å²) >= 11 is 0. The standard InChI is InChI=1S/C31H46N2.C19H32O2.Ni/c1-7-10-13-15-27-21-28(16-14-11-8-2)23-30(22-27)33-31(17-12-9-3)26(6)32-29-19-24(4)18-25(5)20-29;1-4-7-9-12-15-14-16(11-6-3)18(20)19(21)17(15)13-10-8-5-2;/h18-23H,7-17H2,1-6H3;14,20-21H,4-13H2,1-3H3;/q;;+2/p-2. The van der Waals surface area contributed by atoms with Crippen LogP contribution in [-0.2, 0) is 48.6 Å². The Balaban J connectivity index is 0.000000595. The van der Waals surface area contributed by atoms with Crippen LogP contribution in [0.1, 0.15) is 190 Å². The molecular weight excluding hydrogens is 719 g/mol. The first-order valence-corrected chi connectivity index (χ1v) is 22.0. The maximum Gasteiger partial charge on any atom is 2.00 e. The predicted molar refractivity (Wildman–Crippen MR) is 234 cm³/mol. The van der Waals surface area contributed by atoms with Gasteiger partial charge in [0.15, 0.2) is 0 Å². The van der Waals surface area contributed by atoms with Gasteiger partial charge in [-0.3, -0.25) is 9.98 Å². The van der Waals surface area contributed by atoms with Crippen molar-refractivity contribution in [3.8, 4) is 11.5 Å². The van der Waals surface area contributed by atoms with Crippen molar-refractivity contribution in [2.45, 2.75) is 197 Å². The van der Waals surface area contributed by atoms with Crippen LogP contribution in [0.15, 0.2) is 52.4 Å². The SMILES string of the molecule is CCCCCc1cc(CCC)c([O-])c([O-])c1CCCCC.CCCCCc1cc(CCCCC)cc(N=C(CCCC)C(C)=Nc2cc(C)cc(C)c2)c1.[Ni+2]. The van der Waals surface area contributed by atoms with Gasteiger partial charge in [0.2, 0.25) is 0 Å². The number of hydrogen-bond donors (Lipinski definition) is 0. The van der Waals surface area contributed by atoms with E-state index in [0.717, 1.165) is 123 Å². The minimum atomic E-state index is -0.248. The monoisotopic (exact) mass is 795 g/mol. The van der Waals surface area contributed by atoms with Crippen LogP contribution in [0.3, 0.4) is 0 Å². The molecule has 3 rings (SSSR count). The number of rotatable bonds is 24. The minimum Gasteiger partial charge on any atom is -0.873 e. The van der Waals surface area contributed by atoms with Crippen molar-refractivity contribution in [3.05, 3.63) is 81.4 Å². The second kappa shape index (κ2) is 29.4. The molecule has 0 radical (unpaired) electrons. The van der Waals surface area contributed by atoms with Gasteiger partial charge in [0.1, 0.15) is 0 Å². The summed E-state index contributed by atoms with van der Waals surface area (Å²) in [6, 6.07) is 15.6. The van der Waals surface area contributed by atoms with Gasteiger partial charge < -0.3 is 10.2 Å². The van der Waals surface area contributed by atoms with Gasteiger partial charge in [-0.1, -0.05) is 135 Å². The van der Waals surface area contributed by atoms with E-state index in [4.69, 9.17) is 9.98 Å². The number of nitrogens with zero attached hydrogens (tertiary/aromatic N) is 2. The largest absolute Gasteiger partial charge is 2.00 e. The molecule has 0 aliphatic heterocycles. The predicted octanol–water partition coefficient (Wildman–Crippen LogP) is 14.1. The van der Waals surface area contributed by atoms with Gasteiger partial charge in [-0.25, -0.2) is 0 Å². The summed E-state index contributed by atoms with van der Waals surface area (Å²) in [5.41, 5.74) is 12.4. The molecule has 0 fully saturated rings. The van der Waals surface area contributed by atoms with Crippen LogP contribution in [0.4, 0.5) is 11.4 Å². The Morgan fingerprint density at radius 2 is 0.964 bits per heavy atom. The molecule has 0 atom stereocenters. The summed E-state index contributed by atoms with van der Waals surface area (Å²) in [4.78, 5) is 10.2. The Kier molecular flexibility index (Phi) is 26.7. The normalized spacial score (nSPS) is 11.7. The quantitative estimate of drug-likeness (QED) is 0.0515. The first-order valence-electron chi connectivity index (χ1n) is 22.0. The van der Waals surface area contributed by atoms with Gasteiger partial charge in [0, 0.05) is 0 Å². The van der Waals surface area contributed by atoms with Crippen molar-refractivity contribution < 1.29 is 26.7 Å². The van der Waals surface area contributed by atoms with E-state index in [1.165, 1.54) is 73.6 Å². The zero-order valence-corrected chi connectivity index (χ0v) is 37.4. The molecular formula is C50H76N2NiO2. The maximum atomic E-state index is 12.4. The Bertz CT molecular complexity index is 1530. The van der Waals surface area contributed by atoms with Crippen LogP contribution in [0, 0.1) is 13.8 Å². The van der Waals surface area contributed by atoms with E-state index in [1.807, 2.05) is 6.07 Å². The van der Waals surface area contributed by atoms with E-state index >= 15 is 0 Å². The molecule has 4 nitrogen and oxygen atoms in total. The molecule has 0 saturated heterocycles. The Hall–Kier alpha value is -2.91. The van der Waals surface area contributed by atoms with E-state index in [-0.39, 0.29) is 28.0 Å². The van der Waals surface area contributed by atoms with Crippen LogP contribution in [0.5, 0.6) is 11.5 Å². The third kappa shape index (κ3) is 19.2. The Labute approximate surface area is 348 Å². The van der Waals surface area contributed by atoms with Crippen molar-refractivity contribution in [2.24, 2.45) is 9.98 Å². The smallest absolute Gasteiger partial charge is 0.873 e. The van der Waals surface area contributed by atoms with Crippen LogP contribution in [0.25, 0.3) is 0 Å². The second-order valence-corrected chi connectivity index (χ2v) is 15.6. The van der Waals surface area contributed by atoms with Crippen molar-refractivity contribution in [1.82, 2.24) is 0 Å². The van der Waals surface area contributed by atoms with Gasteiger partial charge in [0.05, 0.1) is 22.8 Å². The first kappa shape index (κ1) is 50.1. The van der Waals surface area contributed by atoms with Crippen molar-refractivity contribution in [1.29, 1.82) is 0 Å². The van der Waals surface area contributed by atoms with Gasteiger partial charge in [-0.15, -0.1) is 11.5 Å². The zero-order chi connectivity index (χ0) is 39.7. The number of aliphatic imine (C=N–C) groups is 2. The molecule has 3 aromatic carbocycles. The van der Waals surface area contributed by atoms with Crippen molar-refractivity contribution >= 4 is 22.8 Å². The average molecular weight is 796 g/mol. The van der Waals surface area contributed by atoms with Gasteiger partial charge >= 0.3 is 16.5 Å². The number of aryl methyl sites for hydroxylation is 6. The van der Waals surface area contributed by atoms with E-state index in [9.17, 15) is 10.2 Å². The molecule has 0 saturated carbocycles. The minimum absolute atomic E-state index is 0. The molecule has 0 unspecified atom stereocenters. The molecule has 3 aromatic rings. The maximum absolute atomic E-state index is 12.4. The number of hydrogen-bond acceptors (Lipinski definition) is 4. The number of benzene rings is 3. The summed E-state index contributed by atoms with van der Waals surface area (Å²) in [6.45, 7) is 19.6. The fraction of sp³-hybridized carbons (Fsp3) is 0.600. The summed E-state index contributed by atoms with van der Waals surface area (Å²) < 4.78 is 0. The topological polar surface area (TPSA) is 70.8 Å². The molecule has 0 spiro atoms. The molecule has 308 valence electrons. The number of unbranched alkanes of at least 4 members (excludes halogenated alkanes) is 9. The van der Waals surface area contributed by atoms with Gasteiger partial charge in [-0.05, 0) is 143 Å². The molecule has 0 aromatic heterocycles. The second-order valence-electron chi connectivity index (χ2n) is 15.6. The summed E-state index contributed by atoms with van der Waals surface area (Å²) in [5, 5.41) is 24.6. The summed E-state index contributed by atoms with van der Waals surface area (Å²) in [6.07, 6.45) is 23.3. The third-order valence-corrected chi connectivity index (χ3v) is 10.2. The fourth-order valence-electron chi connectivity index (χ4n) is 7.21. The van der Waals surface area contributed by atoms with Crippen LogP contribution >= 0.6 is 0 Å². The molecule has 55 heavy (non-hydrogen) atoms. The van der Waals surface area contributed by atoms with Crippen molar-refractivity contribution in [2.75, 3.05) is 0 Å². The average Bonchev–Trinajstić information content (AvgIpc) is 3.13. The molecule has 0 bridgehead atoms. The Morgan fingerprint density at radius 1 is 0.473 bits per heavy atom. The first-order chi connectivity index (χ1) is 26.1. The van der Waals surface area contributed by atoms with E-state index in [1.54, 1.807) is 0 Å². The van der Waals surface area contributed by atoms with Gasteiger partial charge in [-0.2, -0.15) is 0 Å². The van der Waals surface area contributed by atoms with E-state index in [0.29, 0.717) is 0 Å². The molecule has 0 N–H and O–H groups in total. The van der Waals surface area contributed by atoms with Crippen molar-refractivity contribution in [3.63, 3.8) is 0 Å². The van der Waals surface area contributed by atoms with E-state index in [2.05, 4.69) is 98.7 Å². The molecule has 0 amide bonds. The molecule has 5 heteroatoms.